The zero-order valence-electron chi connectivity index (χ0n) is 9.14. The molecule has 2 heterocycles. The molecule has 0 aliphatic rings. The minimum absolute atomic E-state index is 0.721. The summed E-state index contributed by atoms with van der Waals surface area (Å²) in [4.78, 5) is 5.37. The van der Waals surface area contributed by atoms with Gasteiger partial charge in [-0.2, -0.15) is 0 Å². The van der Waals surface area contributed by atoms with Crippen molar-refractivity contribution in [3.8, 4) is 11.3 Å². The fourth-order valence-electron chi connectivity index (χ4n) is 1.81. The van der Waals surface area contributed by atoms with E-state index in [0.717, 1.165) is 32.2 Å². The Bertz CT molecular complexity index is 682. The van der Waals surface area contributed by atoms with Gasteiger partial charge in [0.1, 0.15) is 5.82 Å². The third kappa shape index (κ3) is 1.66. The highest BCUT2D eigenvalue weighted by Gasteiger charge is 2.12. The highest BCUT2D eigenvalue weighted by molar-refractivity contribution is 9.10. The van der Waals surface area contributed by atoms with E-state index in [2.05, 4.69) is 38.4 Å². The molecule has 0 aliphatic heterocycles. The Hall–Kier alpha value is -1.33. The molecular weight excluding hydrogens is 298 g/mol. The molecule has 0 saturated carbocycles. The molecule has 5 heteroatoms. The number of aromatic nitrogens is 2. The summed E-state index contributed by atoms with van der Waals surface area (Å²) < 4.78 is 3.07. The molecule has 2 aromatic heterocycles. The van der Waals surface area contributed by atoms with Gasteiger partial charge in [0.15, 0.2) is 4.96 Å². The molecule has 0 spiro atoms. The van der Waals surface area contributed by atoms with Crippen LogP contribution in [0.3, 0.4) is 0 Å². The van der Waals surface area contributed by atoms with E-state index in [4.69, 9.17) is 5.73 Å². The SMILES string of the molecule is Cc1nc2scc(-c3ccc(Br)cc3)n2c1N. The first-order chi connectivity index (χ1) is 8.16. The van der Waals surface area contributed by atoms with Gasteiger partial charge in [-0.3, -0.25) is 4.40 Å². The zero-order chi connectivity index (χ0) is 12.0. The number of thiazole rings is 1. The summed E-state index contributed by atoms with van der Waals surface area (Å²) in [6.45, 7) is 1.93. The molecule has 0 atom stereocenters. The van der Waals surface area contributed by atoms with Crippen molar-refractivity contribution in [1.29, 1.82) is 0 Å². The monoisotopic (exact) mass is 307 g/mol. The number of fused-ring (bicyclic) bond motifs is 1. The van der Waals surface area contributed by atoms with Gasteiger partial charge < -0.3 is 5.73 Å². The lowest BCUT2D eigenvalue weighted by atomic mass is 10.2. The maximum Gasteiger partial charge on any atom is 0.196 e. The van der Waals surface area contributed by atoms with E-state index in [0.29, 0.717) is 0 Å². The summed E-state index contributed by atoms with van der Waals surface area (Å²) in [5.74, 6) is 0.721. The van der Waals surface area contributed by atoms with Gasteiger partial charge in [-0.05, 0) is 24.6 Å². The number of rotatable bonds is 1. The summed E-state index contributed by atoms with van der Waals surface area (Å²) in [7, 11) is 0. The summed E-state index contributed by atoms with van der Waals surface area (Å²) >= 11 is 5.04. The van der Waals surface area contributed by atoms with Crippen LogP contribution in [-0.4, -0.2) is 9.38 Å². The molecule has 0 saturated heterocycles. The van der Waals surface area contributed by atoms with Gasteiger partial charge >= 0.3 is 0 Å². The first-order valence-electron chi connectivity index (χ1n) is 5.15. The topological polar surface area (TPSA) is 43.3 Å². The van der Waals surface area contributed by atoms with Gasteiger partial charge in [-0.15, -0.1) is 11.3 Å². The summed E-state index contributed by atoms with van der Waals surface area (Å²) in [5, 5.41) is 2.08. The number of anilines is 1. The Kier molecular flexibility index (Phi) is 2.45. The highest BCUT2D eigenvalue weighted by atomic mass is 79.9. The maximum atomic E-state index is 6.05. The molecule has 3 nitrogen and oxygen atoms in total. The van der Waals surface area contributed by atoms with Crippen molar-refractivity contribution in [2.75, 3.05) is 5.73 Å². The van der Waals surface area contributed by atoms with Crippen molar-refractivity contribution in [1.82, 2.24) is 9.38 Å². The van der Waals surface area contributed by atoms with Crippen molar-refractivity contribution < 1.29 is 0 Å². The molecule has 0 fully saturated rings. The van der Waals surface area contributed by atoms with Gasteiger partial charge in [0.2, 0.25) is 0 Å². The normalized spacial score (nSPS) is 11.2. The van der Waals surface area contributed by atoms with Gasteiger partial charge in [-0.25, -0.2) is 4.98 Å². The average molecular weight is 308 g/mol. The van der Waals surface area contributed by atoms with Crippen LogP contribution in [0.15, 0.2) is 34.1 Å². The van der Waals surface area contributed by atoms with Crippen LogP contribution in [0.25, 0.3) is 16.2 Å². The van der Waals surface area contributed by atoms with E-state index in [1.807, 2.05) is 23.5 Å². The van der Waals surface area contributed by atoms with Crippen molar-refractivity contribution in [3.63, 3.8) is 0 Å². The van der Waals surface area contributed by atoms with E-state index >= 15 is 0 Å². The van der Waals surface area contributed by atoms with Crippen LogP contribution in [0.4, 0.5) is 5.82 Å². The van der Waals surface area contributed by atoms with Gasteiger partial charge in [0.25, 0.3) is 0 Å². The summed E-state index contributed by atoms with van der Waals surface area (Å²) in [5.41, 5.74) is 9.17. The molecule has 2 N–H and O–H groups in total. The van der Waals surface area contributed by atoms with E-state index in [1.54, 1.807) is 11.3 Å². The minimum Gasteiger partial charge on any atom is -0.383 e. The minimum atomic E-state index is 0.721. The smallest absolute Gasteiger partial charge is 0.196 e. The highest BCUT2D eigenvalue weighted by Crippen LogP contribution is 2.30. The van der Waals surface area contributed by atoms with Crippen LogP contribution in [0, 0.1) is 6.92 Å². The number of benzene rings is 1. The van der Waals surface area contributed by atoms with E-state index in [-0.39, 0.29) is 0 Å². The third-order valence-electron chi connectivity index (χ3n) is 2.72. The number of hydrogen-bond acceptors (Lipinski definition) is 3. The predicted octanol–water partition coefficient (Wildman–Crippen LogP) is 3.72. The Labute approximate surface area is 111 Å². The second-order valence-electron chi connectivity index (χ2n) is 3.83. The second kappa shape index (κ2) is 3.85. The second-order valence-corrected chi connectivity index (χ2v) is 5.58. The standard InChI is InChI=1S/C12H10BrN3S/c1-7-11(14)16-10(6-17-12(16)15-7)8-2-4-9(13)5-3-8/h2-6H,14H2,1H3. The first-order valence-corrected chi connectivity index (χ1v) is 6.82. The van der Waals surface area contributed by atoms with Crippen LogP contribution in [0.5, 0.6) is 0 Å². The van der Waals surface area contributed by atoms with Crippen molar-refractivity contribution in [2.45, 2.75) is 6.92 Å². The molecule has 0 amide bonds. The Balaban J connectivity index is 2.26. The van der Waals surface area contributed by atoms with E-state index in [9.17, 15) is 0 Å². The zero-order valence-corrected chi connectivity index (χ0v) is 11.5. The predicted molar refractivity (Wildman–Crippen MR) is 75.4 cm³/mol. The molecule has 86 valence electrons. The third-order valence-corrected chi connectivity index (χ3v) is 4.08. The van der Waals surface area contributed by atoms with Crippen LogP contribution in [-0.2, 0) is 0 Å². The Morgan fingerprint density at radius 1 is 1.29 bits per heavy atom. The maximum absolute atomic E-state index is 6.05. The lowest BCUT2D eigenvalue weighted by Crippen LogP contribution is -1.94. The van der Waals surface area contributed by atoms with Crippen molar-refractivity contribution in [2.24, 2.45) is 0 Å². The molecule has 0 unspecified atom stereocenters. The number of hydrogen-bond donors (Lipinski definition) is 1. The van der Waals surface area contributed by atoms with Gasteiger partial charge in [0, 0.05) is 9.85 Å². The largest absolute Gasteiger partial charge is 0.383 e. The van der Waals surface area contributed by atoms with Crippen LogP contribution in [0.2, 0.25) is 0 Å². The summed E-state index contributed by atoms with van der Waals surface area (Å²) in [6.07, 6.45) is 0. The van der Waals surface area contributed by atoms with Crippen molar-refractivity contribution in [3.05, 3.63) is 39.8 Å². The number of nitrogen functional groups attached to an aromatic ring is 1. The lowest BCUT2D eigenvalue weighted by molar-refractivity contribution is 1.24. The Morgan fingerprint density at radius 2 is 2.00 bits per heavy atom. The number of aryl methyl sites for hydroxylation is 1. The van der Waals surface area contributed by atoms with E-state index < -0.39 is 0 Å². The number of halogens is 1. The lowest BCUT2D eigenvalue weighted by Gasteiger charge is -2.01. The molecule has 3 aromatic rings. The average Bonchev–Trinajstić information content (AvgIpc) is 2.83. The molecule has 0 radical (unpaired) electrons. The molecule has 17 heavy (non-hydrogen) atoms. The molecule has 0 bridgehead atoms. The molecule has 3 rings (SSSR count). The van der Waals surface area contributed by atoms with Gasteiger partial charge in [0.05, 0.1) is 11.4 Å². The summed E-state index contributed by atoms with van der Waals surface area (Å²) in [6, 6.07) is 8.19. The number of nitrogens with two attached hydrogens (primary N) is 1. The first kappa shape index (κ1) is 10.8. The molecular formula is C12H10BrN3S. The van der Waals surface area contributed by atoms with Crippen LogP contribution >= 0.6 is 27.3 Å². The van der Waals surface area contributed by atoms with Gasteiger partial charge in [-0.1, -0.05) is 28.1 Å². The van der Waals surface area contributed by atoms with Crippen LogP contribution < -0.4 is 5.73 Å². The number of nitrogens with zero attached hydrogens (tertiary/aromatic N) is 2. The fourth-order valence-corrected chi connectivity index (χ4v) is 3.02. The molecule has 1 aromatic carbocycles. The Morgan fingerprint density at radius 3 is 2.71 bits per heavy atom. The quantitative estimate of drug-likeness (QED) is 0.744. The fraction of sp³-hybridized carbons (Fsp3) is 0.0833. The molecule has 0 aliphatic carbocycles. The van der Waals surface area contributed by atoms with E-state index in [1.165, 1.54) is 0 Å². The van der Waals surface area contributed by atoms with Crippen LogP contribution in [0.1, 0.15) is 5.69 Å². The number of imidazole rings is 1. The van der Waals surface area contributed by atoms with Crippen molar-refractivity contribution >= 4 is 38.0 Å².